The Morgan fingerprint density at radius 3 is 2.43 bits per heavy atom. The maximum atomic E-state index is 12.4. The third kappa shape index (κ3) is 3.09. The molecule has 2 aliphatic carbocycles. The first kappa shape index (κ1) is 16.3. The first-order valence-corrected chi connectivity index (χ1v) is 7.64. The smallest absolute Gasteiger partial charge is 0.272 e. The molecule has 0 saturated heterocycles. The molecule has 5 nitrogen and oxygen atoms in total. The Bertz CT molecular complexity index is 502. The van der Waals surface area contributed by atoms with Crippen molar-refractivity contribution < 1.29 is 4.79 Å². The highest BCUT2D eigenvalue weighted by Gasteiger charge is 2.40. The monoisotopic (exact) mass is 312 g/mol. The lowest BCUT2D eigenvalue weighted by atomic mass is 9.67. The van der Waals surface area contributed by atoms with Crippen molar-refractivity contribution >= 4 is 18.3 Å². The first-order valence-electron chi connectivity index (χ1n) is 7.64. The van der Waals surface area contributed by atoms with E-state index >= 15 is 0 Å². The molecule has 1 aromatic rings. The van der Waals surface area contributed by atoms with E-state index in [0.29, 0.717) is 23.6 Å². The van der Waals surface area contributed by atoms with Gasteiger partial charge in [0, 0.05) is 23.3 Å². The van der Waals surface area contributed by atoms with Gasteiger partial charge in [-0.1, -0.05) is 6.42 Å². The molecule has 1 heterocycles. The highest BCUT2D eigenvalue weighted by Crippen LogP contribution is 2.39. The molecule has 0 aliphatic heterocycles. The number of fused-ring (bicyclic) bond motifs is 2. The number of nitrogens with zero attached hydrogens (tertiary/aromatic N) is 1. The van der Waals surface area contributed by atoms with Gasteiger partial charge in [-0.05, 0) is 51.4 Å². The number of H-pyrrole nitrogens is 1. The molecule has 2 saturated carbocycles. The summed E-state index contributed by atoms with van der Waals surface area (Å²) in [7, 11) is 0. The maximum absolute atomic E-state index is 12.4. The largest absolute Gasteiger partial charge is 0.347 e. The van der Waals surface area contributed by atoms with Crippen LogP contribution in [0.25, 0.3) is 0 Å². The van der Waals surface area contributed by atoms with Gasteiger partial charge in [0.2, 0.25) is 0 Å². The van der Waals surface area contributed by atoms with Crippen LogP contribution < -0.4 is 11.1 Å². The molecule has 2 aliphatic rings. The van der Waals surface area contributed by atoms with Gasteiger partial charge in [-0.25, -0.2) is 0 Å². The second-order valence-corrected chi connectivity index (χ2v) is 6.50. The predicted molar refractivity (Wildman–Crippen MR) is 84.6 cm³/mol. The Morgan fingerprint density at radius 2 is 1.90 bits per heavy atom. The number of carbonyl (C=O) groups excluding carboxylic acids is 1. The van der Waals surface area contributed by atoms with Crippen LogP contribution in [0.3, 0.4) is 0 Å². The van der Waals surface area contributed by atoms with Gasteiger partial charge in [0.05, 0.1) is 0 Å². The van der Waals surface area contributed by atoms with E-state index in [0.717, 1.165) is 24.1 Å². The second-order valence-electron chi connectivity index (χ2n) is 6.50. The summed E-state index contributed by atoms with van der Waals surface area (Å²) in [6.07, 6.45) is 5.73. The van der Waals surface area contributed by atoms with Crippen LogP contribution in [0.15, 0.2) is 0 Å². The van der Waals surface area contributed by atoms with Gasteiger partial charge in [0.25, 0.3) is 5.91 Å². The Hall–Kier alpha value is -1.07. The van der Waals surface area contributed by atoms with Crippen molar-refractivity contribution in [2.24, 2.45) is 17.6 Å². The fraction of sp³-hybridized carbons (Fsp3) is 0.733. The number of nitrogens with two attached hydrogens (primary N) is 1. The van der Waals surface area contributed by atoms with Gasteiger partial charge in [-0.3, -0.25) is 9.89 Å². The molecule has 0 aromatic carbocycles. The maximum Gasteiger partial charge on any atom is 0.272 e. The third-order valence-electron chi connectivity index (χ3n) is 5.14. The average molecular weight is 313 g/mol. The van der Waals surface area contributed by atoms with E-state index in [1.807, 2.05) is 13.8 Å². The summed E-state index contributed by atoms with van der Waals surface area (Å²) in [6.45, 7) is 3.87. The Labute approximate surface area is 131 Å². The second kappa shape index (κ2) is 6.36. The summed E-state index contributed by atoms with van der Waals surface area (Å²) in [5.74, 6) is 1.05. The number of aryl methyl sites for hydroxylation is 1. The fourth-order valence-electron chi connectivity index (χ4n) is 3.95. The van der Waals surface area contributed by atoms with Crippen LogP contribution >= 0.6 is 12.4 Å². The summed E-state index contributed by atoms with van der Waals surface area (Å²) in [6, 6.07) is 0.597. The minimum absolute atomic E-state index is 0. The van der Waals surface area contributed by atoms with E-state index in [9.17, 15) is 4.79 Å². The molecule has 118 valence electrons. The molecule has 4 N–H and O–H groups in total. The fourth-order valence-corrected chi connectivity index (χ4v) is 3.95. The number of hydrogen-bond donors (Lipinski definition) is 3. The van der Waals surface area contributed by atoms with Crippen LogP contribution in [0.4, 0.5) is 0 Å². The molecular weight excluding hydrogens is 288 g/mol. The summed E-state index contributed by atoms with van der Waals surface area (Å²) < 4.78 is 0. The normalized spacial score (nSPS) is 31.4. The first-order chi connectivity index (χ1) is 9.56. The molecule has 2 atom stereocenters. The van der Waals surface area contributed by atoms with E-state index in [4.69, 9.17) is 5.73 Å². The Balaban J connectivity index is 0.00000161. The molecule has 2 unspecified atom stereocenters. The quantitative estimate of drug-likeness (QED) is 0.782. The van der Waals surface area contributed by atoms with E-state index in [-0.39, 0.29) is 24.4 Å². The van der Waals surface area contributed by atoms with Gasteiger partial charge < -0.3 is 11.1 Å². The van der Waals surface area contributed by atoms with Crippen LogP contribution in [0.5, 0.6) is 0 Å². The summed E-state index contributed by atoms with van der Waals surface area (Å²) in [4.78, 5) is 12.4. The summed E-state index contributed by atoms with van der Waals surface area (Å²) in [5, 5.41) is 10.2. The van der Waals surface area contributed by atoms with Gasteiger partial charge in [-0.15, -0.1) is 12.4 Å². The molecule has 0 spiro atoms. The van der Waals surface area contributed by atoms with Gasteiger partial charge in [0.1, 0.15) is 0 Å². The SMILES string of the molecule is Cc1[nH]nc(C(=O)NC2C3CCCC2CC(N)C3)c1C.Cl. The number of amides is 1. The van der Waals surface area contributed by atoms with E-state index < -0.39 is 0 Å². The molecule has 1 aromatic heterocycles. The lowest BCUT2D eigenvalue weighted by molar-refractivity contribution is 0.0751. The standard InChI is InChI=1S/C15H24N4O.ClH/c1-8-9(2)18-19-13(8)15(20)17-14-10-4-3-5-11(14)7-12(16)6-10;/h10-12,14H,3-7,16H2,1-2H3,(H,17,20)(H,18,19);1H. The zero-order chi connectivity index (χ0) is 14.3. The minimum Gasteiger partial charge on any atom is -0.347 e. The topological polar surface area (TPSA) is 83.8 Å². The van der Waals surface area contributed by atoms with Crippen LogP contribution in [-0.4, -0.2) is 28.2 Å². The highest BCUT2D eigenvalue weighted by molar-refractivity contribution is 5.94. The van der Waals surface area contributed by atoms with Crippen LogP contribution in [-0.2, 0) is 0 Å². The highest BCUT2D eigenvalue weighted by atomic mass is 35.5. The zero-order valence-corrected chi connectivity index (χ0v) is 13.5. The Morgan fingerprint density at radius 1 is 1.29 bits per heavy atom. The van der Waals surface area contributed by atoms with E-state index in [1.165, 1.54) is 19.3 Å². The van der Waals surface area contributed by atoms with Gasteiger partial charge >= 0.3 is 0 Å². The number of halogens is 1. The van der Waals surface area contributed by atoms with Crippen molar-refractivity contribution in [1.29, 1.82) is 0 Å². The number of aromatic amines is 1. The molecule has 21 heavy (non-hydrogen) atoms. The summed E-state index contributed by atoms with van der Waals surface area (Å²) >= 11 is 0. The molecule has 3 rings (SSSR count). The predicted octanol–water partition coefficient (Wildman–Crippen LogP) is 2.08. The van der Waals surface area contributed by atoms with Crippen molar-refractivity contribution in [1.82, 2.24) is 15.5 Å². The van der Waals surface area contributed by atoms with Crippen LogP contribution in [0.2, 0.25) is 0 Å². The van der Waals surface area contributed by atoms with Crippen molar-refractivity contribution in [3.63, 3.8) is 0 Å². The van der Waals surface area contributed by atoms with Crippen LogP contribution in [0, 0.1) is 25.7 Å². The zero-order valence-electron chi connectivity index (χ0n) is 12.7. The average Bonchev–Trinajstić information content (AvgIpc) is 2.71. The number of hydrogen-bond acceptors (Lipinski definition) is 3. The number of carbonyl (C=O) groups is 1. The van der Waals surface area contributed by atoms with E-state index in [1.54, 1.807) is 0 Å². The molecule has 1 amide bonds. The molecule has 0 radical (unpaired) electrons. The van der Waals surface area contributed by atoms with Gasteiger partial charge in [-0.2, -0.15) is 5.10 Å². The van der Waals surface area contributed by atoms with Crippen molar-refractivity contribution in [3.8, 4) is 0 Å². The third-order valence-corrected chi connectivity index (χ3v) is 5.14. The molecule has 6 heteroatoms. The molecular formula is C15H25ClN4O. The number of nitrogens with one attached hydrogen (secondary N) is 2. The van der Waals surface area contributed by atoms with E-state index in [2.05, 4.69) is 15.5 Å². The Kier molecular flexibility index (Phi) is 4.94. The number of rotatable bonds is 2. The minimum atomic E-state index is -0.0378. The van der Waals surface area contributed by atoms with Crippen LogP contribution in [0.1, 0.15) is 53.8 Å². The molecule has 2 fully saturated rings. The summed E-state index contributed by atoms with van der Waals surface area (Å²) in [5.41, 5.74) is 8.57. The van der Waals surface area contributed by atoms with Crippen molar-refractivity contribution in [2.45, 2.75) is 58.0 Å². The van der Waals surface area contributed by atoms with Gasteiger partial charge in [0.15, 0.2) is 5.69 Å². The lowest BCUT2D eigenvalue weighted by Crippen LogP contribution is -2.53. The lowest BCUT2D eigenvalue weighted by Gasteiger charge is -2.45. The van der Waals surface area contributed by atoms with Crippen molar-refractivity contribution in [2.75, 3.05) is 0 Å². The van der Waals surface area contributed by atoms with Crippen molar-refractivity contribution in [3.05, 3.63) is 17.0 Å². The number of aromatic nitrogens is 2. The molecule has 2 bridgehead atoms.